The van der Waals surface area contributed by atoms with Gasteiger partial charge in [0.05, 0.1) is 17.3 Å². The molecule has 3 aromatic heterocycles. The predicted octanol–water partition coefficient (Wildman–Crippen LogP) is 5.16. The number of hydrogen-bond acceptors (Lipinski definition) is 7. The fraction of sp³-hybridized carbons (Fsp3) is 0.500. The van der Waals surface area contributed by atoms with Crippen molar-refractivity contribution in [2.45, 2.75) is 77.2 Å². The van der Waals surface area contributed by atoms with Gasteiger partial charge in [-0.05, 0) is 69.0 Å². The summed E-state index contributed by atoms with van der Waals surface area (Å²) in [4.78, 5) is 4.68. The highest BCUT2D eigenvalue weighted by Crippen LogP contribution is 2.26. The van der Waals surface area contributed by atoms with Crippen LogP contribution in [0, 0.1) is 6.92 Å². The average molecular weight is 508 g/mol. The molecule has 4 aromatic rings. The first-order valence-electron chi connectivity index (χ1n) is 12.9. The summed E-state index contributed by atoms with van der Waals surface area (Å²) in [5, 5.41) is 27.3. The standard InChI is InChI=1S/C26H37N7O2Si/c1-18-22-13-10-20(16-23(22)32(30-18)17-35-14-15-36(2,3)4)28-26-29-25-7-5-6-24(33(25)31-26)27-19-8-11-21(34)12-9-19/h5-7,10,13,16,19,21,27,34H,8-9,11-12,14-15,17H2,1-4H3,(H,28,31)/t19-,21+. The van der Waals surface area contributed by atoms with E-state index in [9.17, 15) is 5.11 Å². The molecular weight excluding hydrogens is 470 g/mol. The van der Waals surface area contributed by atoms with Gasteiger partial charge in [-0.25, -0.2) is 4.68 Å². The fourth-order valence-electron chi connectivity index (χ4n) is 4.67. The lowest BCUT2D eigenvalue weighted by atomic mass is 9.93. The van der Waals surface area contributed by atoms with E-state index >= 15 is 0 Å². The lowest BCUT2D eigenvalue weighted by Crippen LogP contribution is -2.29. The van der Waals surface area contributed by atoms with Gasteiger partial charge in [-0.15, -0.1) is 5.10 Å². The summed E-state index contributed by atoms with van der Waals surface area (Å²) in [5.41, 5.74) is 3.69. The van der Waals surface area contributed by atoms with Crippen molar-refractivity contribution in [3.63, 3.8) is 0 Å². The van der Waals surface area contributed by atoms with Crippen LogP contribution in [0.3, 0.4) is 0 Å². The van der Waals surface area contributed by atoms with Gasteiger partial charge in [0.25, 0.3) is 0 Å². The summed E-state index contributed by atoms with van der Waals surface area (Å²) in [7, 11) is -1.13. The van der Waals surface area contributed by atoms with Crippen LogP contribution in [0.1, 0.15) is 31.4 Å². The maximum Gasteiger partial charge on any atom is 0.247 e. The fourth-order valence-corrected chi connectivity index (χ4v) is 5.43. The third kappa shape index (κ3) is 5.71. The van der Waals surface area contributed by atoms with Crippen molar-refractivity contribution in [1.29, 1.82) is 0 Å². The number of ether oxygens (including phenoxy) is 1. The molecule has 5 rings (SSSR count). The Hall–Kier alpha value is -2.95. The van der Waals surface area contributed by atoms with Gasteiger partial charge in [-0.2, -0.15) is 14.6 Å². The third-order valence-electron chi connectivity index (χ3n) is 6.81. The molecule has 0 radical (unpaired) electrons. The van der Waals surface area contributed by atoms with E-state index in [0.717, 1.165) is 72.1 Å². The lowest BCUT2D eigenvalue weighted by Gasteiger charge is -2.26. The SMILES string of the molecule is Cc1nn(COCC[Si](C)(C)C)c2cc(Nc3nc4cccc(N[C@H]5CC[C@@H](O)CC5)n4n3)ccc12. The first-order chi connectivity index (χ1) is 17.2. The van der Waals surface area contributed by atoms with Gasteiger partial charge >= 0.3 is 0 Å². The molecule has 0 bridgehead atoms. The number of aliphatic hydroxyl groups excluding tert-OH is 1. The van der Waals surface area contributed by atoms with Gasteiger partial charge in [-0.3, -0.25) is 0 Å². The first kappa shape index (κ1) is 24.7. The zero-order chi connectivity index (χ0) is 25.3. The van der Waals surface area contributed by atoms with Crippen LogP contribution in [0.2, 0.25) is 25.7 Å². The van der Waals surface area contributed by atoms with Gasteiger partial charge in [0.15, 0.2) is 5.65 Å². The Bertz CT molecular complexity index is 1340. The molecule has 3 heterocycles. The number of fused-ring (bicyclic) bond motifs is 2. The Morgan fingerprint density at radius 3 is 2.67 bits per heavy atom. The van der Waals surface area contributed by atoms with Gasteiger partial charge in [-0.1, -0.05) is 25.7 Å². The molecule has 0 amide bonds. The molecule has 0 aliphatic heterocycles. The maximum absolute atomic E-state index is 9.80. The second-order valence-corrected chi connectivity index (χ2v) is 16.7. The third-order valence-corrected chi connectivity index (χ3v) is 8.52. The van der Waals surface area contributed by atoms with E-state index in [2.05, 4.69) is 47.4 Å². The number of pyridine rings is 1. The summed E-state index contributed by atoms with van der Waals surface area (Å²) < 4.78 is 9.73. The van der Waals surface area contributed by atoms with Gasteiger partial charge in [0.2, 0.25) is 5.95 Å². The molecule has 1 aromatic carbocycles. The monoisotopic (exact) mass is 507 g/mol. The van der Waals surface area contributed by atoms with Crippen LogP contribution in [-0.2, 0) is 11.5 Å². The second-order valence-electron chi connectivity index (χ2n) is 11.1. The number of rotatable bonds is 9. The van der Waals surface area contributed by atoms with E-state index in [-0.39, 0.29) is 6.10 Å². The van der Waals surface area contributed by atoms with Crippen LogP contribution in [0.25, 0.3) is 16.6 Å². The van der Waals surface area contributed by atoms with Crippen molar-refractivity contribution < 1.29 is 9.84 Å². The Labute approximate surface area is 212 Å². The predicted molar refractivity (Wildman–Crippen MR) is 147 cm³/mol. The largest absolute Gasteiger partial charge is 0.393 e. The van der Waals surface area contributed by atoms with Crippen LogP contribution in [-0.4, -0.2) is 56.3 Å². The van der Waals surface area contributed by atoms with E-state index in [0.29, 0.717) is 18.7 Å². The molecule has 0 unspecified atom stereocenters. The van der Waals surface area contributed by atoms with E-state index in [4.69, 9.17) is 14.9 Å². The minimum absolute atomic E-state index is 0.171. The topological polar surface area (TPSA) is 102 Å². The van der Waals surface area contributed by atoms with Gasteiger partial charge in [0.1, 0.15) is 12.5 Å². The number of aryl methyl sites for hydroxylation is 1. The zero-order valence-corrected chi connectivity index (χ0v) is 22.7. The van der Waals surface area contributed by atoms with Crippen LogP contribution < -0.4 is 10.6 Å². The van der Waals surface area contributed by atoms with E-state index < -0.39 is 8.07 Å². The number of nitrogens with one attached hydrogen (secondary N) is 2. The Balaban J connectivity index is 1.32. The Kier molecular flexibility index (Phi) is 7.00. The number of hydrogen-bond donors (Lipinski definition) is 3. The molecule has 9 nitrogen and oxygen atoms in total. The molecule has 0 atom stereocenters. The number of aliphatic hydroxyl groups is 1. The minimum Gasteiger partial charge on any atom is -0.393 e. The Morgan fingerprint density at radius 2 is 1.89 bits per heavy atom. The number of nitrogens with zero attached hydrogens (tertiary/aromatic N) is 5. The smallest absolute Gasteiger partial charge is 0.247 e. The van der Waals surface area contributed by atoms with Crippen molar-refractivity contribution in [3.8, 4) is 0 Å². The summed E-state index contributed by atoms with van der Waals surface area (Å²) in [6.07, 6.45) is 3.40. The number of benzene rings is 1. The maximum atomic E-state index is 9.80. The molecule has 0 saturated heterocycles. The van der Waals surface area contributed by atoms with Gasteiger partial charge in [0, 0.05) is 31.8 Å². The molecule has 1 saturated carbocycles. The first-order valence-corrected chi connectivity index (χ1v) is 16.6. The van der Waals surface area contributed by atoms with Crippen molar-refractivity contribution in [2.75, 3.05) is 17.2 Å². The molecule has 1 aliphatic carbocycles. The summed E-state index contributed by atoms with van der Waals surface area (Å²) in [6, 6.07) is 13.6. The normalized spacial score (nSPS) is 18.7. The van der Waals surface area contributed by atoms with Crippen LogP contribution in [0.4, 0.5) is 17.5 Å². The molecule has 3 N–H and O–H groups in total. The highest BCUT2D eigenvalue weighted by Gasteiger charge is 2.20. The van der Waals surface area contributed by atoms with E-state index in [1.54, 1.807) is 0 Å². The average Bonchev–Trinajstić information content (AvgIpc) is 3.38. The van der Waals surface area contributed by atoms with E-state index in [1.165, 1.54) is 0 Å². The van der Waals surface area contributed by atoms with E-state index in [1.807, 2.05) is 40.4 Å². The molecule has 1 fully saturated rings. The molecule has 192 valence electrons. The Morgan fingerprint density at radius 1 is 1.08 bits per heavy atom. The van der Waals surface area contributed by atoms with Crippen LogP contribution in [0.5, 0.6) is 0 Å². The summed E-state index contributed by atoms with van der Waals surface area (Å²) in [6.45, 7) is 10.3. The lowest BCUT2D eigenvalue weighted by molar-refractivity contribution is 0.0815. The van der Waals surface area contributed by atoms with Gasteiger partial charge < -0.3 is 20.5 Å². The highest BCUT2D eigenvalue weighted by molar-refractivity contribution is 6.76. The zero-order valence-electron chi connectivity index (χ0n) is 21.7. The summed E-state index contributed by atoms with van der Waals surface area (Å²) in [5.74, 6) is 1.45. The summed E-state index contributed by atoms with van der Waals surface area (Å²) >= 11 is 0. The second kappa shape index (κ2) is 10.2. The molecular formula is C26H37N7O2Si. The number of anilines is 3. The molecule has 36 heavy (non-hydrogen) atoms. The molecule has 1 aliphatic rings. The van der Waals surface area contributed by atoms with Crippen molar-refractivity contribution in [1.82, 2.24) is 24.4 Å². The molecule has 0 spiro atoms. The van der Waals surface area contributed by atoms with Crippen molar-refractivity contribution >= 4 is 42.1 Å². The van der Waals surface area contributed by atoms with Crippen molar-refractivity contribution in [2.24, 2.45) is 0 Å². The number of aromatic nitrogens is 5. The van der Waals surface area contributed by atoms with Crippen LogP contribution >= 0.6 is 0 Å². The minimum atomic E-state index is -1.13. The van der Waals surface area contributed by atoms with Crippen molar-refractivity contribution in [3.05, 3.63) is 42.1 Å². The quantitative estimate of drug-likeness (QED) is 0.212. The highest BCUT2D eigenvalue weighted by atomic mass is 28.3. The van der Waals surface area contributed by atoms with Crippen LogP contribution in [0.15, 0.2) is 36.4 Å². The molecule has 10 heteroatoms.